The standard InChI is InChI=1S/C17H30O3/c18-14-10-7-5-3-1-2-4-6-8-11-15-19-17-13-9-12-16-20-17/h1-2,14,17H,3-13,15-16H2/b2-1-. The summed E-state index contributed by atoms with van der Waals surface area (Å²) >= 11 is 0. The quantitative estimate of drug-likeness (QED) is 0.302. The Kier molecular flexibility index (Phi) is 11.6. The first kappa shape index (κ1) is 17.4. The van der Waals surface area contributed by atoms with E-state index in [4.69, 9.17) is 9.47 Å². The minimum atomic E-state index is 0.0648. The summed E-state index contributed by atoms with van der Waals surface area (Å²) in [6, 6.07) is 0. The van der Waals surface area contributed by atoms with Gasteiger partial charge >= 0.3 is 0 Å². The second-order valence-corrected chi connectivity index (χ2v) is 5.44. The summed E-state index contributed by atoms with van der Waals surface area (Å²) in [6.07, 6.45) is 17.8. The van der Waals surface area contributed by atoms with Crippen molar-refractivity contribution in [3.63, 3.8) is 0 Å². The highest BCUT2D eigenvalue weighted by Crippen LogP contribution is 2.14. The van der Waals surface area contributed by atoms with Crippen LogP contribution >= 0.6 is 0 Å². The van der Waals surface area contributed by atoms with Crippen molar-refractivity contribution in [1.29, 1.82) is 0 Å². The molecule has 0 spiro atoms. The van der Waals surface area contributed by atoms with Crippen LogP contribution in [0.5, 0.6) is 0 Å². The van der Waals surface area contributed by atoms with Gasteiger partial charge in [-0.2, -0.15) is 0 Å². The van der Waals surface area contributed by atoms with Crippen molar-refractivity contribution in [2.24, 2.45) is 0 Å². The van der Waals surface area contributed by atoms with Crippen LogP contribution in [0.2, 0.25) is 0 Å². The highest BCUT2D eigenvalue weighted by atomic mass is 16.7. The van der Waals surface area contributed by atoms with Crippen molar-refractivity contribution in [1.82, 2.24) is 0 Å². The molecule has 1 saturated heterocycles. The van der Waals surface area contributed by atoms with Gasteiger partial charge in [-0.05, 0) is 57.8 Å². The molecule has 1 aliphatic rings. The van der Waals surface area contributed by atoms with Crippen LogP contribution in [0, 0.1) is 0 Å². The molecule has 1 atom stereocenters. The lowest BCUT2D eigenvalue weighted by Crippen LogP contribution is -2.22. The lowest BCUT2D eigenvalue weighted by atomic mass is 10.1. The number of unbranched alkanes of at least 4 members (excludes halogenated alkanes) is 6. The van der Waals surface area contributed by atoms with E-state index in [1.807, 2.05) is 0 Å². The molecule has 0 N–H and O–H groups in total. The monoisotopic (exact) mass is 282 g/mol. The van der Waals surface area contributed by atoms with Crippen LogP contribution in [0.25, 0.3) is 0 Å². The highest BCUT2D eigenvalue weighted by molar-refractivity contribution is 5.48. The van der Waals surface area contributed by atoms with Gasteiger partial charge in [0.1, 0.15) is 6.29 Å². The van der Waals surface area contributed by atoms with Crippen LogP contribution in [0.3, 0.4) is 0 Å². The van der Waals surface area contributed by atoms with E-state index in [2.05, 4.69) is 12.2 Å². The van der Waals surface area contributed by atoms with E-state index in [-0.39, 0.29) is 6.29 Å². The van der Waals surface area contributed by atoms with Crippen LogP contribution < -0.4 is 0 Å². The Labute approximate surface area is 123 Å². The molecule has 0 saturated carbocycles. The first-order valence-corrected chi connectivity index (χ1v) is 8.25. The largest absolute Gasteiger partial charge is 0.353 e. The van der Waals surface area contributed by atoms with E-state index in [1.165, 1.54) is 25.7 Å². The van der Waals surface area contributed by atoms with Crippen molar-refractivity contribution in [3.8, 4) is 0 Å². The molecule has 1 fully saturated rings. The number of ether oxygens (including phenoxy) is 2. The van der Waals surface area contributed by atoms with Gasteiger partial charge in [-0.3, -0.25) is 0 Å². The minimum absolute atomic E-state index is 0.0648. The number of aldehydes is 1. The van der Waals surface area contributed by atoms with Crippen molar-refractivity contribution in [2.75, 3.05) is 13.2 Å². The molecule has 1 unspecified atom stereocenters. The third-order valence-electron chi connectivity index (χ3n) is 3.57. The third kappa shape index (κ3) is 10.2. The molecule has 0 amide bonds. The van der Waals surface area contributed by atoms with Crippen LogP contribution in [0.1, 0.15) is 70.6 Å². The Morgan fingerprint density at radius 1 is 0.950 bits per heavy atom. The first-order chi connectivity index (χ1) is 9.93. The predicted molar refractivity (Wildman–Crippen MR) is 81.7 cm³/mol. The summed E-state index contributed by atoms with van der Waals surface area (Å²) in [7, 11) is 0. The smallest absolute Gasteiger partial charge is 0.157 e. The van der Waals surface area contributed by atoms with E-state index in [1.54, 1.807) is 0 Å². The zero-order valence-corrected chi connectivity index (χ0v) is 12.7. The van der Waals surface area contributed by atoms with Gasteiger partial charge < -0.3 is 14.3 Å². The van der Waals surface area contributed by atoms with Crippen LogP contribution in [-0.2, 0) is 14.3 Å². The third-order valence-corrected chi connectivity index (χ3v) is 3.57. The Hall–Kier alpha value is -0.670. The molecule has 1 aliphatic heterocycles. The Morgan fingerprint density at radius 3 is 2.40 bits per heavy atom. The van der Waals surface area contributed by atoms with Crippen molar-refractivity contribution in [3.05, 3.63) is 12.2 Å². The SMILES string of the molecule is O=CCCCC/C=C\CCCCCOC1CCCCO1. The molecule has 0 aromatic rings. The van der Waals surface area contributed by atoms with Crippen molar-refractivity contribution >= 4 is 6.29 Å². The number of carbonyl (C=O) groups is 1. The number of carbonyl (C=O) groups excluding carboxylic acids is 1. The highest BCUT2D eigenvalue weighted by Gasteiger charge is 2.12. The number of hydrogen-bond acceptors (Lipinski definition) is 3. The molecular formula is C17H30O3. The molecular weight excluding hydrogens is 252 g/mol. The summed E-state index contributed by atoms with van der Waals surface area (Å²) < 4.78 is 11.2. The maximum Gasteiger partial charge on any atom is 0.157 e. The topological polar surface area (TPSA) is 35.5 Å². The second-order valence-electron chi connectivity index (χ2n) is 5.44. The average molecular weight is 282 g/mol. The lowest BCUT2D eigenvalue weighted by Gasteiger charge is -2.22. The van der Waals surface area contributed by atoms with Gasteiger partial charge in [0.15, 0.2) is 6.29 Å². The number of hydrogen-bond donors (Lipinski definition) is 0. The summed E-state index contributed by atoms with van der Waals surface area (Å²) in [5, 5.41) is 0. The molecule has 1 rings (SSSR count). The minimum Gasteiger partial charge on any atom is -0.353 e. The van der Waals surface area contributed by atoms with Gasteiger partial charge in [0.25, 0.3) is 0 Å². The summed E-state index contributed by atoms with van der Waals surface area (Å²) in [5.41, 5.74) is 0. The van der Waals surface area contributed by atoms with Crippen molar-refractivity contribution in [2.45, 2.75) is 76.9 Å². The van der Waals surface area contributed by atoms with Gasteiger partial charge in [-0.1, -0.05) is 18.6 Å². The maximum absolute atomic E-state index is 10.1. The molecule has 0 aliphatic carbocycles. The van der Waals surface area contributed by atoms with E-state index in [0.29, 0.717) is 6.42 Å². The average Bonchev–Trinajstić information content (AvgIpc) is 2.49. The summed E-state index contributed by atoms with van der Waals surface area (Å²) in [5.74, 6) is 0. The summed E-state index contributed by atoms with van der Waals surface area (Å²) in [4.78, 5) is 10.1. The molecule has 0 bridgehead atoms. The fourth-order valence-electron chi connectivity index (χ4n) is 2.32. The van der Waals surface area contributed by atoms with E-state index >= 15 is 0 Å². The first-order valence-electron chi connectivity index (χ1n) is 8.25. The zero-order chi connectivity index (χ0) is 14.3. The molecule has 3 nitrogen and oxygen atoms in total. The Bertz CT molecular complexity index is 245. The second kappa shape index (κ2) is 13.3. The fourth-order valence-corrected chi connectivity index (χ4v) is 2.32. The van der Waals surface area contributed by atoms with Crippen LogP contribution in [-0.4, -0.2) is 25.8 Å². The zero-order valence-electron chi connectivity index (χ0n) is 12.7. The van der Waals surface area contributed by atoms with Gasteiger partial charge in [0.2, 0.25) is 0 Å². The van der Waals surface area contributed by atoms with Crippen LogP contribution in [0.15, 0.2) is 12.2 Å². The van der Waals surface area contributed by atoms with E-state index < -0.39 is 0 Å². The summed E-state index contributed by atoms with van der Waals surface area (Å²) in [6.45, 7) is 1.70. The Morgan fingerprint density at radius 2 is 1.70 bits per heavy atom. The Balaban J connectivity index is 1.77. The van der Waals surface area contributed by atoms with Gasteiger partial charge in [0, 0.05) is 19.6 Å². The molecule has 20 heavy (non-hydrogen) atoms. The fraction of sp³-hybridized carbons (Fsp3) is 0.824. The van der Waals surface area contributed by atoms with Gasteiger partial charge in [0.05, 0.1) is 0 Å². The van der Waals surface area contributed by atoms with E-state index in [9.17, 15) is 4.79 Å². The van der Waals surface area contributed by atoms with Crippen LogP contribution in [0.4, 0.5) is 0 Å². The molecule has 0 aromatic heterocycles. The van der Waals surface area contributed by atoms with Crippen molar-refractivity contribution < 1.29 is 14.3 Å². The lowest BCUT2D eigenvalue weighted by molar-refractivity contribution is -0.162. The number of allylic oxidation sites excluding steroid dienone is 2. The molecule has 1 heterocycles. The maximum atomic E-state index is 10.1. The van der Waals surface area contributed by atoms with Gasteiger partial charge in [-0.25, -0.2) is 0 Å². The normalized spacial score (nSPS) is 19.5. The van der Waals surface area contributed by atoms with E-state index in [0.717, 1.165) is 58.0 Å². The molecule has 0 aromatic carbocycles. The number of rotatable bonds is 12. The molecule has 0 radical (unpaired) electrons. The molecule has 3 heteroatoms. The van der Waals surface area contributed by atoms with Gasteiger partial charge in [-0.15, -0.1) is 0 Å². The predicted octanol–water partition coefficient (Wildman–Crippen LogP) is 4.41. The molecule has 116 valence electrons.